The molecule has 0 fully saturated rings. The number of carbonyl (C=O) groups is 2. The van der Waals surface area contributed by atoms with Crippen LogP contribution in [0.1, 0.15) is 18.9 Å². The summed E-state index contributed by atoms with van der Waals surface area (Å²) in [6.45, 7) is 3.25. The first-order chi connectivity index (χ1) is 13.7. The second-order valence-electron chi connectivity index (χ2n) is 6.31. The van der Waals surface area contributed by atoms with E-state index in [1.165, 1.54) is 4.90 Å². The van der Waals surface area contributed by atoms with Gasteiger partial charge in [0.15, 0.2) is 0 Å². The van der Waals surface area contributed by atoms with Crippen LogP contribution in [0.25, 0.3) is 5.57 Å². The first kappa shape index (κ1) is 19.6. The molecule has 1 aliphatic heterocycles. The number of benzene rings is 2. The van der Waals surface area contributed by atoms with Crippen molar-refractivity contribution in [3.63, 3.8) is 0 Å². The summed E-state index contributed by atoms with van der Waals surface area (Å²) in [6.07, 6.45) is 0.586. The summed E-state index contributed by atoms with van der Waals surface area (Å²) < 4.78 is 10.6. The summed E-state index contributed by atoms with van der Waals surface area (Å²) in [5.41, 5.74) is 2.06. The molecule has 0 radical (unpaired) electrons. The number of anilines is 1. The molecule has 2 aromatic carbocycles. The first-order valence-electron chi connectivity index (χ1n) is 9.30. The number of amides is 2. The molecule has 2 aromatic rings. The number of methoxy groups -OCH3 is 1. The van der Waals surface area contributed by atoms with Crippen molar-refractivity contribution in [2.45, 2.75) is 13.3 Å². The van der Waals surface area contributed by atoms with Crippen molar-refractivity contribution in [2.75, 3.05) is 32.2 Å². The molecule has 0 bridgehead atoms. The van der Waals surface area contributed by atoms with Gasteiger partial charge in [-0.3, -0.25) is 14.5 Å². The molecule has 6 nitrogen and oxygen atoms in total. The highest BCUT2D eigenvalue weighted by Crippen LogP contribution is 2.31. The van der Waals surface area contributed by atoms with Gasteiger partial charge in [0.25, 0.3) is 11.8 Å². The van der Waals surface area contributed by atoms with Crippen molar-refractivity contribution in [1.29, 1.82) is 0 Å². The van der Waals surface area contributed by atoms with Gasteiger partial charge < -0.3 is 14.8 Å². The van der Waals surface area contributed by atoms with Crippen LogP contribution >= 0.6 is 0 Å². The van der Waals surface area contributed by atoms with Crippen LogP contribution in [0.3, 0.4) is 0 Å². The number of hydrogen-bond acceptors (Lipinski definition) is 5. The highest BCUT2D eigenvalue weighted by atomic mass is 16.5. The van der Waals surface area contributed by atoms with Gasteiger partial charge in [0, 0.05) is 32.0 Å². The summed E-state index contributed by atoms with van der Waals surface area (Å²) >= 11 is 0. The highest BCUT2D eigenvalue weighted by Gasteiger charge is 2.38. The zero-order valence-electron chi connectivity index (χ0n) is 16.1. The Balaban J connectivity index is 1.95. The Morgan fingerprint density at radius 2 is 1.79 bits per heavy atom. The summed E-state index contributed by atoms with van der Waals surface area (Å²) in [7, 11) is 1.60. The lowest BCUT2D eigenvalue weighted by Gasteiger charge is -2.15. The van der Waals surface area contributed by atoms with E-state index in [4.69, 9.17) is 9.47 Å². The zero-order chi connectivity index (χ0) is 19.9. The molecule has 0 atom stereocenters. The Bertz CT molecular complexity index is 877. The van der Waals surface area contributed by atoms with E-state index in [9.17, 15) is 9.59 Å². The fraction of sp³-hybridized carbons (Fsp3) is 0.273. The molecule has 6 heteroatoms. The van der Waals surface area contributed by atoms with Crippen molar-refractivity contribution < 1.29 is 19.1 Å². The molecular weight excluding hydrogens is 356 g/mol. The van der Waals surface area contributed by atoms with Gasteiger partial charge in [-0.15, -0.1) is 0 Å². The Morgan fingerprint density at radius 1 is 1.00 bits per heavy atom. The van der Waals surface area contributed by atoms with Gasteiger partial charge in [-0.2, -0.15) is 0 Å². The fourth-order valence-corrected chi connectivity index (χ4v) is 3.11. The maximum atomic E-state index is 13.0. The maximum absolute atomic E-state index is 13.0. The van der Waals surface area contributed by atoms with E-state index in [1.807, 2.05) is 61.5 Å². The Morgan fingerprint density at radius 3 is 2.50 bits per heavy atom. The van der Waals surface area contributed by atoms with E-state index in [1.54, 1.807) is 7.11 Å². The van der Waals surface area contributed by atoms with Crippen LogP contribution in [0.2, 0.25) is 0 Å². The van der Waals surface area contributed by atoms with Crippen LogP contribution in [0.5, 0.6) is 5.75 Å². The SMILES string of the molecule is CCOc1cccc(NC2=C(c3ccccc3)C(=O)N(CCCOC)C2=O)c1. The minimum absolute atomic E-state index is 0.280. The molecule has 0 unspecified atom stereocenters. The van der Waals surface area contributed by atoms with Crippen LogP contribution in [0, 0.1) is 0 Å². The van der Waals surface area contributed by atoms with Crippen molar-refractivity contribution >= 4 is 23.1 Å². The van der Waals surface area contributed by atoms with Crippen molar-refractivity contribution in [3.8, 4) is 5.75 Å². The molecule has 146 valence electrons. The van der Waals surface area contributed by atoms with Crippen LogP contribution in [0.4, 0.5) is 5.69 Å². The second-order valence-corrected chi connectivity index (χ2v) is 6.31. The molecule has 3 rings (SSSR count). The average molecular weight is 380 g/mol. The third-order valence-electron chi connectivity index (χ3n) is 4.38. The lowest BCUT2D eigenvalue weighted by Crippen LogP contribution is -2.33. The third kappa shape index (κ3) is 4.23. The minimum atomic E-state index is -0.332. The van der Waals surface area contributed by atoms with Gasteiger partial charge in [-0.05, 0) is 31.0 Å². The quantitative estimate of drug-likeness (QED) is 0.534. The van der Waals surface area contributed by atoms with E-state index in [2.05, 4.69) is 5.32 Å². The summed E-state index contributed by atoms with van der Waals surface area (Å²) in [6, 6.07) is 16.6. The van der Waals surface area contributed by atoms with Crippen LogP contribution < -0.4 is 10.1 Å². The lowest BCUT2D eigenvalue weighted by molar-refractivity contribution is -0.136. The molecule has 1 heterocycles. The second kappa shape index (κ2) is 9.19. The molecule has 28 heavy (non-hydrogen) atoms. The number of nitrogens with one attached hydrogen (secondary N) is 1. The number of carbonyl (C=O) groups excluding carboxylic acids is 2. The number of hydrogen-bond donors (Lipinski definition) is 1. The number of rotatable bonds is 9. The van der Waals surface area contributed by atoms with E-state index in [0.717, 1.165) is 0 Å². The summed E-state index contributed by atoms with van der Waals surface area (Å²) in [5, 5.41) is 3.15. The molecule has 0 aromatic heterocycles. The maximum Gasteiger partial charge on any atom is 0.278 e. The summed E-state index contributed by atoms with van der Waals surface area (Å²) in [4.78, 5) is 27.3. The van der Waals surface area contributed by atoms with E-state index < -0.39 is 0 Å². The van der Waals surface area contributed by atoms with Gasteiger partial charge >= 0.3 is 0 Å². The van der Waals surface area contributed by atoms with E-state index >= 15 is 0 Å². The van der Waals surface area contributed by atoms with Crippen LogP contribution in [-0.2, 0) is 14.3 Å². The molecule has 0 spiro atoms. The minimum Gasteiger partial charge on any atom is -0.494 e. The van der Waals surface area contributed by atoms with Gasteiger partial charge in [-0.1, -0.05) is 36.4 Å². The normalized spacial score (nSPS) is 14.0. The highest BCUT2D eigenvalue weighted by molar-refractivity contribution is 6.36. The molecule has 0 saturated carbocycles. The van der Waals surface area contributed by atoms with Crippen LogP contribution in [0.15, 0.2) is 60.3 Å². The molecule has 0 aliphatic carbocycles. The number of nitrogens with zero attached hydrogens (tertiary/aromatic N) is 1. The summed E-state index contributed by atoms with van der Waals surface area (Å²) in [5.74, 6) is 0.0700. The van der Waals surface area contributed by atoms with Crippen molar-refractivity contribution in [1.82, 2.24) is 4.90 Å². The predicted octanol–water partition coefficient (Wildman–Crippen LogP) is 3.31. The fourth-order valence-electron chi connectivity index (χ4n) is 3.11. The smallest absolute Gasteiger partial charge is 0.278 e. The van der Waals surface area contributed by atoms with Gasteiger partial charge in [-0.25, -0.2) is 0 Å². The monoisotopic (exact) mass is 380 g/mol. The third-order valence-corrected chi connectivity index (χ3v) is 4.38. The predicted molar refractivity (Wildman–Crippen MR) is 108 cm³/mol. The number of imide groups is 1. The Hall–Kier alpha value is -3.12. The molecular formula is C22H24N2O4. The molecule has 0 saturated heterocycles. The van der Waals surface area contributed by atoms with Gasteiger partial charge in [0.05, 0.1) is 12.2 Å². The van der Waals surface area contributed by atoms with Gasteiger partial charge in [0.1, 0.15) is 11.4 Å². The number of ether oxygens (including phenoxy) is 2. The Labute approximate surface area is 164 Å². The van der Waals surface area contributed by atoms with Gasteiger partial charge in [0.2, 0.25) is 0 Å². The molecule has 1 aliphatic rings. The zero-order valence-corrected chi connectivity index (χ0v) is 16.1. The lowest BCUT2D eigenvalue weighted by atomic mass is 10.0. The topological polar surface area (TPSA) is 67.9 Å². The Kier molecular flexibility index (Phi) is 6.45. The largest absolute Gasteiger partial charge is 0.494 e. The van der Waals surface area contributed by atoms with Crippen molar-refractivity contribution in [2.24, 2.45) is 0 Å². The average Bonchev–Trinajstić information content (AvgIpc) is 2.93. The molecule has 2 amide bonds. The first-order valence-corrected chi connectivity index (χ1v) is 9.30. The van der Waals surface area contributed by atoms with Crippen molar-refractivity contribution in [3.05, 3.63) is 65.9 Å². The standard InChI is InChI=1S/C22H24N2O4/c1-3-28-18-12-7-11-17(15-18)23-20-19(16-9-5-4-6-10-16)21(25)24(22(20)26)13-8-14-27-2/h4-7,9-12,15,23H,3,8,13-14H2,1-2H3. The van der Waals surface area contributed by atoms with E-state index in [0.29, 0.717) is 48.8 Å². The van der Waals surface area contributed by atoms with Crippen LogP contribution in [-0.4, -0.2) is 43.6 Å². The molecule has 1 N–H and O–H groups in total. The van der Waals surface area contributed by atoms with E-state index in [-0.39, 0.29) is 17.5 Å².